The van der Waals surface area contributed by atoms with Crippen LogP contribution in [0.4, 0.5) is 15.8 Å². The lowest BCUT2D eigenvalue weighted by Crippen LogP contribution is -2.17. The van der Waals surface area contributed by atoms with E-state index in [0.29, 0.717) is 5.75 Å². The lowest BCUT2D eigenvalue weighted by molar-refractivity contribution is 0.0600. The standard InChI is InChI=1S/C21H19FN2O7S2/c1-30-19-9-4-3-8-18(19)24-32(26,27)16-7-5-6-15(13-16)23-33(28,29)20-12-14(21(25)31-2)10-11-17(20)22/h3-13,23-24H,1-2H3. The molecule has 0 radical (unpaired) electrons. The number of ether oxygens (including phenoxy) is 2. The summed E-state index contributed by atoms with van der Waals surface area (Å²) in [6.07, 6.45) is 0. The predicted octanol–water partition coefficient (Wildman–Crippen LogP) is 3.22. The quantitative estimate of drug-likeness (QED) is 0.460. The number of rotatable bonds is 8. The first-order valence-electron chi connectivity index (χ1n) is 9.24. The molecule has 9 nitrogen and oxygen atoms in total. The van der Waals surface area contributed by atoms with E-state index >= 15 is 0 Å². The van der Waals surface area contributed by atoms with Crippen LogP contribution in [0.5, 0.6) is 5.75 Å². The van der Waals surface area contributed by atoms with Gasteiger partial charge in [-0.25, -0.2) is 26.0 Å². The Morgan fingerprint density at radius 3 is 2.27 bits per heavy atom. The Labute approximate surface area is 190 Å². The fourth-order valence-corrected chi connectivity index (χ4v) is 5.09. The first-order chi connectivity index (χ1) is 15.6. The van der Waals surface area contributed by atoms with Crippen LogP contribution in [0.15, 0.2) is 76.5 Å². The Balaban J connectivity index is 1.92. The highest BCUT2D eigenvalue weighted by Crippen LogP contribution is 2.27. The summed E-state index contributed by atoms with van der Waals surface area (Å²) < 4.78 is 79.5. The molecule has 2 N–H and O–H groups in total. The van der Waals surface area contributed by atoms with Crippen LogP contribution in [0, 0.1) is 5.82 Å². The zero-order valence-electron chi connectivity index (χ0n) is 17.4. The third-order valence-corrected chi connectivity index (χ3v) is 7.15. The van der Waals surface area contributed by atoms with E-state index in [2.05, 4.69) is 14.2 Å². The molecule has 0 heterocycles. The predicted molar refractivity (Wildman–Crippen MR) is 119 cm³/mol. The van der Waals surface area contributed by atoms with E-state index in [0.717, 1.165) is 31.4 Å². The van der Waals surface area contributed by atoms with Gasteiger partial charge in [-0.05, 0) is 48.5 Å². The molecule has 0 fully saturated rings. The fraction of sp³-hybridized carbons (Fsp3) is 0.0952. The number of halogens is 1. The molecule has 0 aromatic heterocycles. The van der Waals surface area contributed by atoms with Crippen molar-refractivity contribution in [3.8, 4) is 5.75 Å². The fourth-order valence-electron chi connectivity index (χ4n) is 2.82. The van der Waals surface area contributed by atoms with Crippen LogP contribution in [-0.4, -0.2) is 37.0 Å². The van der Waals surface area contributed by atoms with E-state index in [-0.39, 0.29) is 21.8 Å². The zero-order chi connectivity index (χ0) is 24.2. The van der Waals surface area contributed by atoms with Crippen molar-refractivity contribution in [2.24, 2.45) is 0 Å². The van der Waals surface area contributed by atoms with Crippen molar-refractivity contribution in [1.29, 1.82) is 0 Å². The zero-order valence-corrected chi connectivity index (χ0v) is 19.0. The van der Waals surface area contributed by atoms with Gasteiger partial charge < -0.3 is 9.47 Å². The van der Waals surface area contributed by atoms with Crippen molar-refractivity contribution in [3.63, 3.8) is 0 Å². The SMILES string of the molecule is COC(=O)c1ccc(F)c(S(=O)(=O)Nc2cccc(S(=O)(=O)Nc3ccccc3OC)c2)c1. The van der Waals surface area contributed by atoms with E-state index in [9.17, 15) is 26.0 Å². The van der Waals surface area contributed by atoms with Crippen LogP contribution < -0.4 is 14.2 Å². The van der Waals surface area contributed by atoms with Crippen LogP contribution in [0.1, 0.15) is 10.4 Å². The highest BCUT2D eigenvalue weighted by Gasteiger charge is 2.23. The Bertz CT molecular complexity index is 1410. The Morgan fingerprint density at radius 1 is 0.848 bits per heavy atom. The van der Waals surface area contributed by atoms with Gasteiger partial charge in [-0.1, -0.05) is 18.2 Å². The van der Waals surface area contributed by atoms with Crippen LogP contribution >= 0.6 is 0 Å². The first-order valence-corrected chi connectivity index (χ1v) is 12.2. The molecule has 33 heavy (non-hydrogen) atoms. The van der Waals surface area contributed by atoms with Crippen molar-refractivity contribution in [2.45, 2.75) is 9.79 Å². The van der Waals surface area contributed by atoms with E-state index < -0.39 is 36.7 Å². The summed E-state index contributed by atoms with van der Waals surface area (Å²) in [5, 5.41) is 0. The van der Waals surface area contributed by atoms with Crippen LogP contribution in [0.25, 0.3) is 0 Å². The number of methoxy groups -OCH3 is 2. The molecule has 0 aliphatic carbocycles. The summed E-state index contributed by atoms with van der Waals surface area (Å²) in [4.78, 5) is 10.6. The van der Waals surface area contributed by atoms with Gasteiger partial charge in [-0.15, -0.1) is 0 Å². The highest BCUT2D eigenvalue weighted by atomic mass is 32.2. The molecular formula is C21H19FN2O7S2. The molecule has 3 aromatic rings. The number of hydrogen-bond acceptors (Lipinski definition) is 7. The molecule has 0 saturated carbocycles. The molecule has 12 heteroatoms. The maximum absolute atomic E-state index is 14.2. The van der Waals surface area contributed by atoms with Crippen molar-refractivity contribution in [1.82, 2.24) is 0 Å². The lowest BCUT2D eigenvalue weighted by Gasteiger charge is -2.13. The Morgan fingerprint density at radius 2 is 1.58 bits per heavy atom. The van der Waals surface area contributed by atoms with Gasteiger partial charge in [0.15, 0.2) is 0 Å². The Hall–Kier alpha value is -3.64. The van der Waals surface area contributed by atoms with Gasteiger partial charge in [-0.2, -0.15) is 0 Å². The second-order valence-corrected chi connectivity index (χ2v) is 9.91. The van der Waals surface area contributed by atoms with Crippen LogP contribution in [-0.2, 0) is 24.8 Å². The first kappa shape index (κ1) is 24.0. The van der Waals surface area contributed by atoms with Gasteiger partial charge in [0.2, 0.25) is 0 Å². The molecule has 0 atom stereocenters. The smallest absolute Gasteiger partial charge is 0.337 e. The number of carbonyl (C=O) groups excluding carboxylic acids is 1. The number of benzene rings is 3. The number of para-hydroxylation sites is 2. The highest BCUT2D eigenvalue weighted by molar-refractivity contribution is 7.93. The number of carbonyl (C=O) groups is 1. The maximum Gasteiger partial charge on any atom is 0.337 e. The summed E-state index contributed by atoms with van der Waals surface area (Å²) >= 11 is 0. The van der Waals surface area contributed by atoms with Gasteiger partial charge in [-0.3, -0.25) is 9.44 Å². The van der Waals surface area contributed by atoms with Crippen molar-refractivity contribution in [3.05, 3.63) is 78.1 Å². The van der Waals surface area contributed by atoms with E-state index in [1.807, 2.05) is 0 Å². The van der Waals surface area contributed by atoms with E-state index in [4.69, 9.17) is 4.74 Å². The number of nitrogens with one attached hydrogen (secondary N) is 2. The number of hydrogen-bond donors (Lipinski definition) is 2. The minimum absolute atomic E-state index is 0.138. The molecule has 0 aliphatic rings. The summed E-state index contributed by atoms with van der Waals surface area (Å²) in [6.45, 7) is 0. The normalized spacial score (nSPS) is 11.5. The lowest BCUT2D eigenvalue weighted by atomic mass is 10.2. The average molecular weight is 495 g/mol. The average Bonchev–Trinajstić information content (AvgIpc) is 2.78. The summed E-state index contributed by atoms with van der Waals surface area (Å²) in [5.41, 5.74) is -0.120. The molecule has 3 rings (SSSR count). The molecule has 0 spiro atoms. The second kappa shape index (κ2) is 9.46. The van der Waals surface area contributed by atoms with Gasteiger partial charge in [0, 0.05) is 0 Å². The second-order valence-electron chi connectivity index (χ2n) is 6.58. The van der Waals surface area contributed by atoms with Gasteiger partial charge in [0.1, 0.15) is 16.5 Å². The van der Waals surface area contributed by atoms with Crippen molar-refractivity contribution in [2.75, 3.05) is 23.7 Å². The number of sulfonamides is 2. The largest absolute Gasteiger partial charge is 0.495 e. The number of anilines is 2. The van der Waals surface area contributed by atoms with Crippen molar-refractivity contribution < 1.29 is 35.5 Å². The molecule has 0 amide bonds. The molecule has 0 bridgehead atoms. The van der Waals surface area contributed by atoms with Crippen molar-refractivity contribution >= 4 is 37.4 Å². The summed E-state index contributed by atoms with van der Waals surface area (Å²) in [6, 6.07) is 14.0. The van der Waals surface area contributed by atoms with Gasteiger partial charge >= 0.3 is 5.97 Å². The third kappa shape index (κ3) is 5.41. The van der Waals surface area contributed by atoms with Crippen LogP contribution in [0.2, 0.25) is 0 Å². The number of esters is 1. The molecule has 3 aromatic carbocycles. The third-order valence-electron chi connectivity index (χ3n) is 4.39. The summed E-state index contributed by atoms with van der Waals surface area (Å²) in [5.74, 6) is -1.65. The van der Waals surface area contributed by atoms with E-state index in [1.54, 1.807) is 18.2 Å². The molecular weight excluding hydrogens is 475 g/mol. The maximum atomic E-state index is 14.2. The summed E-state index contributed by atoms with van der Waals surface area (Å²) in [7, 11) is -6.14. The van der Waals surface area contributed by atoms with E-state index in [1.165, 1.54) is 31.4 Å². The van der Waals surface area contributed by atoms with Crippen LogP contribution in [0.3, 0.4) is 0 Å². The van der Waals surface area contributed by atoms with Gasteiger partial charge in [0.05, 0.1) is 36.1 Å². The molecule has 174 valence electrons. The minimum Gasteiger partial charge on any atom is -0.495 e. The topological polar surface area (TPSA) is 128 Å². The molecule has 0 saturated heterocycles. The molecule has 0 unspecified atom stereocenters. The van der Waals surface area contributed by atoms with Gasteiger partial charge in [0.25, 0.3) is 20.0 Å². The monoisotopic (exact) mass is 494 g/mol. The minimum atomic E-state index is -4.51. The molecule has 0 aliphatic heterocycles. The Kier molecular flexibility index (Phi) is 6.89.